The van der Waals surface area contributed by atoms with E-state index in [2.05, 4.69) is 36.0 Å². The van der Waals surface area contributed by atoms with Crippen molar-refractivity contribution in [1.82, 2.24) is 15.0 Å². The number of carbonyl (C=O) groups excluding carboxylic acids is 1. The molecule has 0 spiro atoms. The zero-order valence-electron chi connectivity index (χ0n) is 18.4. The zero-order chi connectivity index (χ0) is 23.0. The lowest BCUT2D eigenvalue weighted by molar-refractivity contribution is 0.164. The predicted molar refractivity (Wildman–Crippen MR) is 132 cm³/mol. The van der Waals surface area contributed by atoms with E-state index in [4.69, 9.17) is 4.74 Å². The number of nitrogens with one attached hydrogen (secondary N) is 2. The van der Waals surface area contributed by atoms with E-state index in [1.54, 1.807) is 25.6 Å². The number of anilines is 3. The minimum absolute atomic E-state index is 0.321. The van der Waals surface area contributed by atoms with Gasteiger partial charge in [-0.1, -0.05) is 22.8 Å². The molecule has 0 bridgehead atoms. The Morgan fingerprint density at radius 2 is 2.00 bits per heavy atom. The maximum atomic E-state index is 11.6. The summed E-state index contributed by atoms with van der Waals surface area (Å²) in [5, 5.41) is 7.65. The van der Waals surface area contributed by atoms with Crippen molar-refractivity contribution in [3.63, 3.8) is 0 Å². The number of rotatable bonds is 7. The summed E-state index contributed by atoms with van der Waals surface area (Å²) in [6, 6.07) is 17.8. The lowest BCUT2D eigenvalue weighted by Gasteiger charge is -2.11. The van der Waals surface area contributed by atoms with Gasteiger partial charge in [0.15, 0.2) is 0 Å². The number of pyridine rings is 1. The van der Waals surface area contributed by atoms with Gasteiger partial charge in [-0.25, -0.2) is 14.8 Å². The molecule has 0 aliphatic heterocycles. The third kappa shape index (κ3) is 5.89. The average molecular weight is 461 g/mol. The Hall–Kier alpha value is -3.85. The molecule has 2 aromatic heterocycles. The number of fused-ring (bicyclic) bond motifs is 1. The first kappa shape index (κ1) is 22.3. The van der Waals surface area contributed by atoms with E-state index >= 15 is 0 Å². The van der Waals surface area contributed by atoms with Gasteiger partial charge in [0.05, 0.1) is 24.0 Å². The van der Waals surface area contributed by atoms with Gasteiger partial charge in [0.2, 0.25) is 0 Å². The molecule has 0 aliphatic carbocycles. The van der Waals surface area contributed by atoms with Crippen molar-refractivity contribution in [2.45, 2.75) is 18.4 Å². The molecule has 2 heterocycles. The smallest absolute Gasteiger partial charge is 0.439 e. The molecule has 8 nitrogen and oxygen atoms in total. The van der Waals surface area contributed by atoms with E-state index < -0.39 is 16.8 Å². The second kappa shape index (κ2) is 10.6. The van der Waals surface area contributed by atoms with Crippen LogP contribution in [0, 0.1) is 0 Å². The second-order valence-corrected chi connectivity index (χ2v) is 8.70. The largest absolute Gasteiger partial charge is 0.448 e. The van der Waals surface area contributed by atoms with Gasteiger partial charge in [-0.2, -0.15) is 0 Å². The van der Waals surface area contributed by atoms with E-state index in [9.17, 15) is 4.79 Å². The van der Waals surface area contributed by atoms with Gasteiger partial charge < -0.3 is 15.4 Å². The molecule has 0 aliphatic rings. The Labute approximate surface area is 194 Å². The lowest BCUT2D eigenvalue weighted by Crippen LogP contribution is -2.03. The van der Waals surface area contributed by atoms with Gasteiger partial charge in [-0.3, -0.25) is 4.98 Å². The van der Waals surface area contributed by atoms with Crippen LogP contribution in [0.4, 0.5) is 22.0 Å². The van der Waals surface area contributed by atoms with E-state index in [0.29, 0.717) is 13.2 Å². The molecular weight excluding hydrogens is 436 g/mol. The van der Waals surface area contributed by atoms with Crippen LogP contribution in [0.25, 0.3) is 10.9 Å². The zero-order valence-corrected chi connectivity index (χ0v) is 19.2. The van der Waals surface area contributed by atoms with Crippen molar-refractivity contribution >= 4 is 44.9 Å². The number of hydrogen-bond acceptors (Lipinski definition) is 7. The van der Waals surface area contributed by atoms with Crippen molar-refractivity contribution < 1.29 is 9.53 Å². The fraction of sp³-hybridized carbons (Fsp3) is 0.167. The van der Waals surface area contributed by atoms with E-state index in [1.165, 1.54) is 0 Å². The van der Waals surface area contributed by atoms with Crippen LogP contribution < -0.4 is 10.6 Å². The van der Waals surface area contributed by atoms with Crippen LogP contribution in [0.5, 0.6) is 0 Å². The molecular formula is C24H24N6O2S. The number of benzene rings is 2. The summed E-state index contributed by atoms with van der Waals surface area (Å²) in [7, 11) is -0.567. The molecule has 0 fully saturated rings. The summed E-state index contributed by atoms with van der Waals surface area (Å²) in [4.78, 5) is 25.5. The molecule has 4 aromatic rings. The maximum absolute atomic E-state index is 11.6. The number of aromatic nitrogens is 3. The van der Waals surface area contributed by atoms with E-state index in [-0.39, 0.29) is 0 Å². The Morgan fingerprint density at radius 3 is 2.82 bits per heavy atom. The van der Waals surface area contributed by atoms with Crippen LogP contribution in [0.2, 0.25) is 0 Å². The summed E-state index contributed by atoms with van der Waals surface area (Å²) < 4.78 is 9.01. The standard InChI is InChI=1S/C24H24N6O2S/c1-3-32-24(31)30-33(2)20-8-4-6-17(12-20)14-26-18-9-10-21-22(13-18)27-16-28-23(21)29-19-7-5-11-25-15-19/h4-13,15-16,26H,3,14H2,1-2H3,(H,27,28,29). The highest BCUT2D eigenvalue weighted by Gasteiger charge is 2.07. The SMILES string of the molecule is CCOC(=O)/N=S(\C)c1cccc(CNc2ccc3c(Nc4cccnc4)ncnc3c2)c1. The molecule has 2 N–H and O–H groups in total. The van der Waals surface area contributed by atoms with Crippen LogP contribution in [0.1, 0.15) is 12.5 Å². The van der Waals surface area contributed by atoms with Crippen molar-refractivity contribution in [3.8, 4) is 0 Å². The fourth-order valence-electron chi connectivity index (χ4n) is 3.20. The van der Waals surface area contributed by atoms with Gasteiger partial charge in [-0.15, -0.1) is 4.36 Å². The number of nitrogens with zero attached hydrogens (tertiary/aromatic N) is 4. The topological polar surface area (TPSA) is 101 Å². The summed E-state index contributed by atoms with van der Waals surface area (Å²) >= 11 is 0. The Balaban J connectivity index is 1.47. The fourth-order valence-corrected chi connectivity index (χ4v) is 4.18. The van der Waals surface area contributed by atoms with Crippen LogP contribution in [-0.2, 0) is 22.0 Å². The number of ether oxygens (including phenoxy) is 1. The minimum atomic E-state index is -0.567. The molecule has 4 rings (SSSR count). The molecule has 0 saturated heterocycles. The van der Waals surface area contributed by atoms with Gasteiger partial charge >= 0.3 is 6.09 Å². The predicted octanol–water partition coefficient (Wildman–Crippen LogP) is 5.33. The van der Waals surface area contributed by atoms with E-state index in [0.717, 1.165) is 38.6 Å². The number of hydrogen-bond donors (Lipinski definition) is 2. The quantitative estimate of drug-likeness (QED) is 0.384. The highest BCUT2D eigenvalue weighted by atomic mass is 32.2. The Bertz CT molecular complexity index is 1300. The van der Waals surface area contributed by atoms with Crippen LogP contribution in [-0.4, -0.2) is 33.9 Å². The molecule has 33 heavy (non-hydrogen) atoms. The number of carbonyl (C=O) groups is 1. The minimum Gasteiger partial charge on any atom is -0.448 e. The normalized spacial score (nSPS) is 11.8. The summed E-state index contributed by atoms with van der Waals surface area (Å²) in [6.45, 7) is 2.72. The first-order valence-corrected chi connectivity index (χ1v) is 12.0. The average Bonchev–Trinajstić information content (AvgIpc) is 2.84. The summed E-state index contributed by atoms with van der Waals surface area (Å²) in [5.41, 5.74) is 3.74. The first-order chi connectivity index (χ1) is 16.1. The molecule has 168 valence electrons. The summed E-state index contributed by atoms with van der Waals surface area (Å²) in [5.74, 6) is 0.729. The molecule has 0 radical (unpaired) electrons. The van der Waals surface area contributed by atoms with Crippen molar-refractivity contribution in [2.75, 3.05) is 23.5 Å². The molecule has 1 atom stereocenters. The molecule has 2 aromatic carbocycles. The number of amides is 1. The first-order valence-electron chi connectivity index (χ1n) is 10.4. The molecule has 1 unspecified atom stereocenters. The maximum Gasteiger partial charge on any atom is 0.439 e. The Morgan fingerprint density at radius 1 is 1.09 bits per heavy atom. The van der Waals surface area contributed by atoms with Gasteiger partial charge in [0.25, 0.3) is 0 Å². The third-order valence-corrected chi connectivity index (χ3v) is 6.14. The lowest BCUT2D eigenvalue weighted by atomic mass is 10.2. The van der Waals surface area contributed by atoms with Crippen molar-refractivity contribution in [2.24, 2.45) is 4.36 Å². The van der Waals surface area contributed by atoms with Crippen molar-refractivity contribution in [1.29, 1.82) is 0 Å². The molecule has 9 heteroatoms. The monoisotopic (exact) mass is 460 g/mol. The Kier molecular flexibility index (Phi) is 7.21. The second-order valence-electron chi connectivity index (χ2n) is 7.09. The van der Waals surface area contributed by atoms with Gasteiger partial charge in [0.1, 0.15) is 12.1 Å². The van der Waals surface area contributed by atoms with Gasteiger partial charge in [-0.05, 0) is 61.2 Å². The van der Waals surface area contributed by atoms with Gasteiger partial charge in [0, 0.05) is 28.7 Å². The highest BCUT2D eigenvalue weighted by Crippen LogP contribution is 2.25. The van der Waals surface area contributed by atoms with Crippen LogP contribution in [0.15, 0.2) is 82.6 Å². The van der Waals surface area contributed by atoms with Crippen LogP contribution >= 0.6 is 0 Å². The molecule has 1 amide bonds. The van der Waals surface area contributed by atoms with Crippen molar-refractivity contribution in [3.05, 3.63) is 78.9 Å². The van der Waals surface area contributed by atoms with E-state index in [1.807, 2.05) is 54.8 Å². The highest BCUT2D eigenvalue weighted by molar-refractivity contribution is 7.86. The van der Waals surface area contributed by atoms with Crippen LogP contribution in [0.3, 0.4) is 0 Å². The summed E-state index contributed by atoms with van der Waals surface area (Å²) in [6.07, 6.45) is 6.40. The molecule has 0 saturated carbocycles. The third-order valence-electron chi connectivity index (χ3n) is 4.78.